The summed E-state index contributed by atoms with van der Waals surface area (Å²) in [6.45, 7) is 0. The largest absolute Gasteiger partial charge is 0.310 e. The fourth-order valence-electron chi connectivity index (χ4n) is 1.37. The van der Waals surface area contributed by atoms with Crippen LogP contribution in [0.4, 0.5) is 10.2 Å². The summed E-state index contributed by atoms with van der Waals surface area (Å²) >= 11 is 0. The van der Waals surface area contributed by atoms with Gasteiger partial charge in [0.15, 0.2) is 0 Å². The van der Waals surface area contributed by atoms with Crippen molar-refractivity contribution in [1.82, 2.24) is 9.97 Å². The Labute approximate surface area is 97.5 Å². The number of aromatic nitrogens is 2. The third kappa shape index (κ3) is 3.07. The Bertz CT molecular complexity index is 516. The number of hydrogen-bond acceptors (Lipinski definition) is 3. The Kier molecular flexibility index (Phi) is 3.40. The van der Waals surface area contributed by atoms with Crippen LogP contribution in [0.15, 0.2) is 42.9 Å². The molecule has 0 atom stereocenters. The first-order chi connectivity index (χ1) is 8.25. The summed E-state index contributed by atoms with van der Waals surface area (Å²) in [6, 6.07) is 7.75. The number of nitrogens with one attached hydrogen (secondary N) is 1. The van der Waals surface area contributed by atoms with Gasteiger partial charge in [-0.05, 0) is 17.7 Å². The molecular formula is C12H10FN3O. The topological polar surface area (TPSA) is 54.9 Å². The number of anilines is 1. The highest BCUT2D eigenvalue weighted by molar-refractivity contribution is 5.91. The Morgan fingerprint density at radius 2 is 2.12 bits per heavy atom. The molecule has 0 aliphatic rings. The molecule has 5 heteroatoms. The van der Waals surface area contributed by atoms with Gasteiger partial charge >= 0.3 is 0 Å². The minimum absolute atomic E-state index is 0.0172. The van der Waals surface area contributed by atoms with Gasteiger partial charge in [0.25, 0.3) is 0 Å². The summed E-state index contributed by atoms with van der Waals surface area (Å²) in [5, 5.41) is 2.56. The zero-order valence-corrected chi connectivity index (χ0v) is 8.93. The molecule has 0 bridgehead atoms. The molecule has 17 heavy (non-hydrogen) atoms. The van der Waals surface area contributed by atoms with E-state index in [4.69, 9.17) is 0 Å². The van der Waals surface area contributed by atoms with Crippen LogP contribution in [0, 0.1) is 5.82 Å². The first kappa shape index (κ1) is 11.2. The maximum Gasteiger partial charge on any atom is 0.230 e. The molecule has 1 aromatic carbocycles. The number of benzene rings is 1. The van der Waals surface area contributed by atoms with E-state index in [0.717, 1.165) is 0 Å². The van der Waals surface area contributed by atoms with Crippen molar-refractivity contribution >= 4 is 11.7 Å². The van der Waals surface area contributed by atoms with E-state index < -0.39 is 0 Å². The average molecular weight is 231 g/mol. The van der Waals surface area contributed by atoms with Gasteiger partial charge in [0.1, 0.15) is 18.0 Å². The van der Waals surface area contributed by atoms with Crippen LogP contribution in [-0.2, 0) is 11.2 Å². The second-order valence-corrected chi connectivity index (χ2v) is 3.41. The first-order valence-electron chi connectivity index (χ1n) is 5.05. The van der Waals surface area contributed by atoms with E-state index in [1.807, 2.05) is 0 Å². The predicted molar refractivity (Wildman–Crippen MR) is 60.8 cm³/mol. The number of amides is 1. The van der Waals surface area contributed by atoms with Crippen molar-refractivity contribution < 1.29 is 9.18 Å². The van der Waals surface area contributed by atoms with Crippen LogP contribution in [0.2, 0.25) is 0 Å². The molecule has 86 valence electrons. The van der Waals surface area contributed by atoms with E-state index >= 15 is 0 Å². The van der Waals surface area contributed by atoms with Crippen molar-refractivity contribution in [2.75, 3.05) is 5.32 Å². The van der Waals surface area contributed by atoms with E-state index in [9.17, 15) is 9.18 Å². The van der Waals surface area contributed by atoms with Crippen molar-refractivity contribution in [2.45, 2.75) is 6.42 Å². The van der Waals surface area contributed by atoms with Gasteiger partial charge in [-0.1, -0.05) is 18.2 Å². The number of carbonyl (C=O) groups is 1. The molecular weight excluding hydrogens is 221 g/mol. The first-order valence-corrected chi connectivity index (χ1v) is 5.05. The standard InChI is InChI=1S/C12H10FN3O/c13-10-4-2-1-3-9(10)7-12(17)16-11-5-6-14-8-15-11/h1-6,8H,7H2,(H,14,15,16,17). The Hall–Kier alpha value is -2.30. The van der Waals surface area contributed by atoms with E-state index in [0.29, 0.717) is 11.4 Å². The Morgan fingerprint density at radius 3 is 2.82 bits per heavy atom. The molecule has 1 aromatic heterocycles. The van der Waals surface area contributed by atoms with Crippen LogP contribution in [0.3, 0.4) is 0 Å². The minimum Gasteiger partial charge on any atom is -0.310 e. The molecule has 0 saturated carbocycles. The van der Waals surface area contributed by atoms with E-state index in [1.54, 1.807) is 24.3 Å². The van der Waals surface area contributed by atoms with Crippen molar-refractivity contribution in [2.24, 2.45) is 0 Å². The highest BCUT2D eigenvalue weighted by Gasteiger charge is 2.07. The number of nitrogens with zero attached hydrogens (tertiary/aromatic N) is 2. The lowest BCUT2D eigenvalue weighted by Gasteiger charge is -2.04. The van der Waals surface area contributed by atoms with Crippen LogP contribution in [0.25, 0.3) is 0 Å². The summed E-state index contributed by atoms with van der Waals surface area (Å²) in [6.07, 6.45) is 2.83. The molecule has 0 spiro atoms. The quantitative estimate of drug-likeness (QED) is 0.876. The van der Waals surface area contributed by atoms with Crippen molar-refractivity contribution in [3.63, 3.8) is 0 Å². The molecule has 0 radical (unpaired) electrons. The van der Waals surface area contributed by atoms with Crippen LogP contribution < -0.4 is 5.32 Å². The van der Waals surface area contributed by atoms with Gasteiger partial charge in [-0.3, -0.25) is 4.79 Å². The Balaban J connectivity index is 2.01. The van der Waals surface area contributed by atoms with E-state index in [2.05, 4.69) is 15.3 Å². The lowest BCUT2D eigenvalue weighted by molar-refractivity contribution is -0.115. The average Bonchev–Trinajstić information content (AvgIpc) is 2.33. The molecule has 0 unspecified atom stereocenters. The number of halogens is 1. The predicted octanol–water partition coefficient (Wildman–Crippen LogP) is 1.80. The lowest BCUT2D eigenvalue weighted by atomic mass is 10.1. The number of rotatable bonds is 3. The zero-order valence-electron chi connectivity index (χ0n) is 8.93. The molecule has 1 amide bonds. The summed E-state index contributed by atoms with van der Waals surface area (Å²) < 4.78 is 13.3. The van der Waals surface area contributed by atoms with Crippen LogP contribution in [-0.4, -0.2) is 15.9 Å². The third-order valence-electron chi connectivity index (χ3n) is 2.16. The summed E-state index contributed by atoms with van der Waals surface area (Å²) in [5.41, 5.74) is 0.360. The molecule has 2 rings (SSSR count). The SMILES string of the molecule is O=C(Cc1ccccc1F)Nc1ccncn1. The van der Waals surface area contributed by atoms with Crippen LogP contribution >= 0.6 is 0 Å². The van der Waals surface area contributed by atoms with Gasteiger partial charge in [-0.15, -0.1) is 0 Å². The van der Waals surface area contributed by atoms with E-state index in [1.165, 1.54) is 18.6 Å². The maximum atomic E-state index is 13.3. The second-order valence-electron chi connectivity index (χ2n) is 3.41. The van der Waals surface area contributed by atoms with Crippen molar-refractivity contribution in [3.05, 3.63) is 54.2 Å². The lowest BCUT2D eigenvalue weighted by Crippen LogP contribution is -2.16. The highest BCUT2D eigenvalue weighted by Crippen LogP contribution is 2.08. The molecule has 1 N–H and O–H groups in total. The van der Waals surface area contributed by atoms with Gasteiger partial charge in [-0.2, -0.15) is 0 Å². The van der Waals surface area contributed by atoms with Gasteiger partial charge in [0.2, 0.25) is 5.91 Å². The van der Waals surface area contributed by atoms with Gasteiger partial charge in [0, 0.05) is 6.20 Å². The molecule has 0 aliphatic carbocycles. The van der Waals surface area contributed by atoms with Crippen molar-refractivity contribution in [1.29, 1.82) is 0 Å². The molecule has 1 heterocycles. The molecule has 4 nitrogen and oxygen atoms in total. The monoisotopic (exact) mass is 231 g/mol. The number of hydrogen-bond donors (Lipinski definition) is 1. The molecule has 0 saturated heterocycles. The summed E-state index contributed by atoms with van der Waals surface area (Å²) in [5.74, 6) is -0.291. The summed E-state index contributed by atoms with van der Waals surface area (Å²) in [4.78, 5) is 19.2. The molecule has 2 aromatic rings. The number of carbonyl (C=O) groups excluding carboxylic acids is 1. The second kappa shape index (κ2) is 5.16. The van der Waals surface area contributed by atoms with Gasteiger partial charge < -0.3 is 5.32 Å². The highest BCUT2D eigenvalue weighted by atomic mass is 19.1. The zero-order chi connectivity index (χ0) is 12.1. The maximum absolute atomic E-state index is 13.3. The van der Waals surface area contributed by atoms with Crippen LogP contribution in [0.5, 0.6) is 0 Å². The molecule has 0 aliphatic heterocycles. The van der Waals surface area contributed by atoms with Crippen molar-refractivity contribution in [3.8, 4) is 0 Å². The fraction of sp³-hybridized carbons (Fsp3) is 0.0833. The fourth-order valence-corrected chi connectivity index (χ4v) is 1.37. The van der Waals surface area contributed by atoms with E-state index in [-0.39, 0.29) is 18.1 Å². The van der Waals surface area contributed by atoms with Crippen LogP contribution in [0.1, 0.15) is 5.56 Å². The smallest absolute Gasteiger partial charge is 0.230 e. The summed E-state index contributed by atoms with van der Waals surface area (Å²) in [7, 11) is 0. The third-order valence-corrected chi connectivity index (χ3v) is 2.16. The minimum atomic E-state index is -0.384. The Morgan fingerprint density at radius 1 is 1.29 bits per heavy atom. The normalized spacial score (nSPS) is 9.94. The van der Waals surface area contributed by atoms with Gasteiger partial charge in [-0.25, -0.2) is 14.4 Å². The van der Waals surface area contributed by atoms with Gasteiger partial charge in [0.05, 0.1) is 6.42 Å². The molecule has 0 fully saturated rings.